The summed E-state index contributed by atoms with van der Waals surface area (Å²) in [5.74, 6) is 1.52. The van der Waals surface area contributed by atoms with Gasteiger partial charge < -0.3 is 5.11 Å². The fraction of sp³-hybridized carbons (Fsp3) is 0.857. The summed E-state index contributed by atoms with van der Waals surface area (Å²) in [7, 11) is 0. The molecule has 4 fully saturated rings. The lowest BCUT2D eigenvalue weighted by Crippen LogP contribution is -2.59. The molecule has 4 aliphatic carbocycles. The highest BCUT2D eigenvalue weighted by atomic mass is 16.3. The zero-order valence-corrected chi connectivity index (χ0v) is 15.3. The van der Waals surface area contributed by atoms with E-state index in [9.17, 15) is 20.4 Å². The number of hydrogen-bond acceptors (Lipinski definition) is 4. The Morgan fingerprint density at radius 3 is 2.32 bits per heavy atom. The van der Waals surface area contributed by atoms with Crippen LogP contribution in [0.25, 0.3) is 0 Å². The first-order valence-electron chi connectivity index (χ1n) is 9.82. The molecule has 4 nitrogen and oxygen atoms in total. The largest absolute Gasteiger partial charge is 0.375 e. The number of carbonyl (C=O) groups is 1. The molecule has 0 aromatic heterocycles. The van der Waals surface area contributed by atoms with E-state index in [4.69, 9.17) is 0 Å². The van der Waals surface area contributed by atoms with E-state index in [-0.39, 0.29) is 16.6 Å². The summed E-state index contributed by atoms with van der Waals surface area (Å²) in [6.45, 7) is 4.37. The van der Waals surface area contributed by atoms with E-state index in [1.54, 1.807) is 0 Å². The Morgan fingerprint density at radius 1 is 0.960 bits per heavy atom. The first-order chi connectivity index (χ1) is 11.8. The molecule has 4 rings (SSSR count). The highest BCUT2D eigenvalue weighted by molar-refractivity contribution is 5.81. The van der Waals surface area contributed by atoms with Crippen LogP contribution in [-0.2, 0) is 4.79 Å². The quantitative estimate of drug-likeness (QED) is 0.681. The second-order valence-corrected chi connectivity index (χ2v) is 9.71. The lowest BCUT2D eigenvalue weighted by atomic mass is 9.40. The summed E-state index contributed by atoms with van der Waals surface area (Å²) in [5, 5.41) is 30.5. The number of nitrogens with zero attached hydrogens (tertiary/aromatic N) is 2. The number of rotatable bonds is 0. The summed E-state index contributed by atoms with van der Waals surface area (Å²) in [4.78, 5) is 12.1. The lowest BCUT2D eigenvalue weighted by molar-refractivity contribution is -0.161. The topological polar surface area (TPSA) is 84.9 Å². The predicted molar refractivity (Wildman–Crippen MR) is 91.9 cm³/mol. The van der Waals surface area contributed by atoms with Gasteiger partial charge in [-0.3, -0.25) is 4.79 Å². The summed E-state index contributed by atoms with van der Waals surface area (Å²) in [5.41, 5.74) is -2.12. The van der Waals surface area contributed by atoms with E-state index in [0.717, 1.165) is 38.5 Å². The van der Waals surface area contributed by atoms with Crippen LogP contribution in [0.2, 0.25) is 0 Å². The van der Waals surface area contributed by atoms with Crippen LogP contribution >= 0.6 is 0 Å². The van der Waals surface area contributed by atoms with Crippen molar-refractivity contribution in [3.63, 3.8) is 0 Å². The molecule has 134 valence electrons. The van der Waals surface area contributed by atoms with Gasteiger partial charge in [0.2, 0.25) is 0 Å². The van der Waals surface area contributed by atoms with Gasteiger partial charge in [0.05, 0.1) is 17.6 Å². The molecular weight excluding hydrogens is 312 g/mol. The van der Waals surface area contributed by atoms with E-state index in [0.29, 0.717) is 37.0 Å². The molecule has 7 atom stereocenters. The molecule has 4 saturated carbocycles. The first-order valence-corrected chi connectivity index (χ1v) is 9.82. The average molecular weight is 340 g/mol. The average Bonchev–Trinajstić information content (AvgIpc) is 2.87. The van der Waals surface area contributed by atoms with Gasteiger partial charge in [0, 0.05) is 18.3 Å². The van der Waals surface area contributed by atoms with Crippen LogP contribution in [0, 0.1) is 56.7 Å². The number of nitriles is 2. The van der Waals surface area contributed by atoms with Crippen molar-refractivity contribution in [2.24, 2.45) is 34.0 Å². The Balaban J connectivity index is 1.72. The molecular formula is C21H28N2O2. The maximum absolute atomic E-state index is 12.1. The highest BCUT2D eigenvalue weighted by Gasteiger charge is 2.68. The van der Waals surface area contributed by atoms with Crippen LogP contribution in [0.3, 0.4) is 0 Å². The lowest BCUT2D eigenvalue weighted by Gasteiger charge is -2.63. The predicted octanol–water partition coefficient (Wildman–Crippen LogP) is 3.75. The number of Topliss-reactive ketones (excluding diaryl/α,β-unsaturated/α-hetero) is 1. The third-order valence-corrected chi connectivity index (χ3v) is 9.23. The van der Waals surface area contributed by atoms with Crippen molar-refractivity contribution in [3.05, 3.63) is 0 Å². The molecule has 0 spiro atoms. The number of ketones is 1. The van der Waals surface area contributed by atoms with Crippen LogP contribution in [0.5, 0.6) is 0 Å². The molecule has 0 radical (unpaired) electrons. The van der Waals surface area contributed by atoms with E-state index >= 15 is 0 Å². The molecule has 4 heteroatoms. The van der Waals surface area contributed by atoms with Gasteiger partial charge in [-0.05, 0) is 68.1 Å². The number of carbonyl (C=O) groups excluding carboxylic acids is 1. The molecule has 0 heterocycles. The van der Waals surface area contributed by atoms with E-state index in [1.807, 2.05) is 0 Å². The van der Waals surface area contributed by atoms with Gasteiger partial charge in [-0.25, -0.2) is 0 Å². The van der Waals surface area contributed by atoms with Gasteiger partial charge in [0.15, 0.2) is 5.60 Å². The van der Waals surface area contributed by atoms with Crippen molar-refractivity contribution in [1.82, 2.24) is 0 Å². The Hall–Kier alpha value is -1.39. The molecule has 0 aromatic carbocycles. The standard InChI is InChI=1S/C21H28N2O2/c1-18-7-3-14(24)11-20(18,12-22)9-4-15-16(18)5-8-19(2)17(15)6-10-21(19,25)13-23/h15-17,25H,3-11H2,1-2H3. The summed E-state index contributed by atoms with van der Waals surface area (Å²) in [6.07, 6.45) is 6.92. The molecule has 25 heavy (non-hydrogen) atoms. The monoisotopic (exact) mass is 340 g/mol. The van der Waals surface area contributed by atoms with Gasteiger partial charge in [0.1, 0.15) is 5.78 Å². The van der Waals surface area contributed by atoms with Gasteiger partial charge in [0.25, 0.3) is 0 Å². The van der Waals surface area contributed by atoms with Crippen molar-refractivity contribution in [3.8, 4) is 12.1 Å². The smallest absolute Gasteiger partial charge is 0.156 e. The third-order valence-electron chi connectivity index (χ3n) is 9.23. The zero-order valence-electron chi connectivity index (χ0n) is 15.3. The molecule has 0 aromatic rings. The summed E-state index contributed by atoms with van der Waals surface area (Å²) >= 11 is 0. The summed E-state index contributed by atoms with van der Waals surface area (Å²) in [6, 6.07) is 4.82. The number of fused-ring (bicyclic) bond motifs is 5. The van der Waals surface area contributed by atoms with Crippen molar-refractivity contribution in [1.29, 1.82) is 10.5 Å². The minimum Gasteiger partial charge on any atom is -0.375 e. The summed E-state index contributed by atoms with van der Waals surface area (Å²) < 4.78 is 0. The Bertz CT molecular complexity index is 706. The fourth-order valence-corrected chi connectivity index (χ4v) is 7.50. The van der Waals surface area contributed by atoms with Crippen LogP contribution in [0.15, 0.2) is 0 Å². The maximum atomic E-state index is 12.1. The molecule has 1 N–H and O–H groups in total. The SMILES string of the molecule is CC12CCC3C(CCC4(C#N)CC(=O)CCC34C)C1CCC2(O)C#N. The Kier molecular flexibility index (Phi) is 3.46. The van der Waals surface area contributed by atoms with Crippen LogP contribution in [0.4, 0.5) is 0 Å². The van der Waals surface area contributed by atoms with Crippen LogP contribution in [-0.4, -0.2) is 16.5 Å². The zero-order chi connectivity index (χ0) is 18.1. The fourth-order valence-electron chi connectivity index (χ4n) is 7.50. The minimum absolute atomic E-state index is 0.104. The van der Waals surface area contributed by atoms with E-state index in [2.05, 4.69) is 26.0 Å². The normalized spacial score (nSPS) is 54.6. The van der Waals surface area contributed by atoms with Crippen molar-refractivity contribution >= 4 is 5.78 Å². The van der Waals surface area contributed by atoms with E-state index in [1.165, 1.54) is 0 Å². The Morgan fingerprint density at radius 2 is 1.64 bits per heavy atom. The minimum atomic E-state index is -1.20. The molecule has 0 amide bonds. The van der Waals surface area contributed by atoms with Gasteiger partial charge in [-0.1, -0.05) is 13.8 Å². The molecule has 0 saturated heterocycles. The van der Waals surface area contributed by atoms with E-state index < -0.39 is 11.0 Å². The van der Waals surface area contributed by atoms with Gasteiger partial charge in [-0.2, -0.15) is 10.5 Å². The second-order valence-electron chi connectivity index (χ2n) is 9.71. The van der Waals surface area contributed by atoms with Crippen LogP contribution in [0.1, 0.15) is 71.6 Å². The third kappa shape index (κ3) is 1.87. The number of hydrogen-bond donors (Lipinski definition) is 1. The maximum Gasteiger partial charge on any atom is 0.156 e. The van der Waals surface area contributed by atoms with Crippen molar-refractivity contribution < 1.29 is 9.90 Å². The first kappa shape index (κ1) is 17.0. The molecule has 0 bridgehead atoms. The number of aliphatic hydroxyl groups is 1. The van der Waals surface area contributed by atoms with Crippen LogP contribution < -0.4 is 0 Å². The van der Waals surface area contributed by atoms with Gasteiger partial charge in [-0.15, -0.1) is 0 Å². The Labute approximate surface area is 150 Å². The molecule has 7 unspecified atom stereocenters. The van der Waals surface area contributed by atoms with Gasteiger partial charge >= 0.3 is 0 Å². The second kappa shape index (κ2) is 5.08. The van der Waals surface area contributed by atoms with Crippen molar-refractivity contribution in [2.75, 3.05) is 0 Å². The highest BCUT2D eigenvalue weighted by Crippen LogP contribution is 2.70. The molecule has 4 aliphatic rings. The molecule has 0 aliphatic heterocycles. The van der Waals surface area contributed by atoms with Crippen molar-refractivity contribution in [2.45, 2.75) is 77.2 Å².